The van der Waals surface area contributed by atoms with Gasteiger partial charge >= 0.3 is 5.69 Å². The van der Waals surface area contributed by atoms with Crippen molar-refractivity contribution in [3.63, 3.8) is 0 Å². The van der Waals surface area contributed by atoms with Crippen LogP contribution in [0.5, 0.6) is 0 Å². The van der Waals surface area contributed by atoms with Crippen molar-refractivity contribution in [1.29, 1.82) is 0 Å². The molecule has 1 amide bonds. The number of nitrogens with one attached hydrogen (secondary N) is 2. The summed E-state index contributed by atoms with van der Waals surface area (Å²) in [6, 6.07) is 10.1. The van der Waals surface area contributed by atoms with Gasteiger partial charge in [0, 0.05) is 38.0 Å². The number of hydrogen-bond acceptors (Lipinski definition) is 5. The number of likely N-dealkylation sites (tertiary alicyclic amines) is 1. The summed E-state index contributed by atoms with van der Waals surface area (Å²) in [5, 5.41) is 7.80. The predicted octanol–water partition coefficient (Wildman–Crippen LogP) is 3.68. The number of amides is 1. The van der Waals surface area contributed by atoms with E-state index in [4.69, 9.17) is 4.52 Å². The third-order valence-corrected chi connectivity index (χ3v) is 7.86. The molecule has 2 aromatic heterocycles. The maximum absolute atomic E-state index is 13.3. The molecule has 2 atom stereocenters. The molecule has 0 unspecified atom stereocenters. The maximum atomic E-state index is 13.3. The Hall–Kier alpha value is -2.87. The Bertz CT molecular complexity index is 1190. The lowest BCUT2D eigenvalue weighted by molar-refractivity contribution is -0.134. The van der Waals surface area contributed by atoms with Crippen LogP contribution >= 0.6 is 0 Å². The number of aryl methyl sites for hydroxylation is 1. The van der Waals surface area contributed by atoms with Gasteiger partial charge in [0.15, 0.2) is 0 Å². The van der Waals surface area contributed by atoms with Gasteiger partial charge in [-0.15, -0.1) is 0 Å². The number of piperidine rings is 2. The smallest absolute Gasteiger partial charge is 0.326 e. The monoisotopic (exact) mass is 479 g/mol. The first-order valence-electron chi connectivity index (χ1n) is 13.2. The summed E-state index contributed by atoms with van der Waals surface area (Å²) in [6.07, 6.45) is 7.26. The molecule has 0 saturated carbocycles. The summed E-state index contributed by atoms with van der Waals surface area (Å²) in [7, 11) is 0. The number of para-hydroxylation sites is 2. The van der Waals surface area contributed by atoms with Gasteiger partial charge < -0.3 is 19.7 Å². The Balaban J connectivity index is 1.17. The van der Waals surface area contributed by atoms with E-state index in [-0.39, 0.29) is 17.6 Å². The van der Waals surface area contributed by atoms with Crippen molar-refractivity contribution in [2.75, 3.05) is 26.2 Å². The molecular formula is C27H37N5O3. The van der Waals surface area contributed by atoms with Crippen LogP contribution in [0.25, 0.3) is 11.0 Å². The molecular weight excluding hydrogens is 442 g/mol. The van der Waals surface area contributed by atoms with Crippen LogP contribution < -0.4 is 11.0 Å². The Morgan fingerprint density at radius 2 is 2.00 bits per heavy atom. The number of hydrogen-bond donors (Lipinski definition) is 2. The molecule has 2 aliphatic heterocycles. The molecule has 35 heavy (non-hydrogen) atoms. The second kappa shape index (κ2) is 10.8. The normalized spacial score (nSPS) is 21.6. The van der Waals surface area contributed by atoms with Gasteiger partial charge in [0.25, 0.3) is 0 Å². The highest BCUT2D eigenvalue weighted by atomic mass is 16.5. The fraction of sp³-hybridized carbons (Fsp3) is 0.593. The van der Waals surface area contributed by atoms with Crippen LogP contribution in [0.1, 0.15) is 62.9 Å². The number of carbonyl (C=O) groups is 1. The zero-order chi connectivity index (χ0) is 24.2. The number of H-pyrrole nitrogens is 1. The molecule has 3 aromatic rings. The number of fused-ring (bicyclic) bond motifs is 1. The third-order valence-electron chi connectivity index (χ3n) is 7.86. The third kappa shape index (κ3) is 5.37. The molecule has 8 heteroatoms. The molecule has 0 radical (unpaired) electrons. The van der Waals surface area contributed by atoms with Gasteiger partial charge in [-0.05, 0) is 69.2 Å². The van der Waals surface area contributed by atoms with E-state index in [1.54, 1.807) is 0 Å². The number of nitrogens with zero attached hydrogens (tertiary/aromatic N) is 3. The molecule has 2 aliphatic rings. The lowest BCUT2D eigenvalue weighted by Gasteiger charge is -2.36. The fourth-order valence-electron chi connectivity index (χ4n) is 5.84. The van der Waals surface area contributed by atoms with Crippen molar-refractivity contribution in [2.45, 2.75) is 64.3 Å². The zero-order valence-corrected chi connectivity index (χ0v) is 20.7. The summed E-state index contributed by atoms with van der Waals surface area (Å²) in [5.74, 6) is 1.96. The summed E-state index contributed by atoms with van der Waals surface area (Å²) in [6.45, 7) is 5.46. The molecule has 1 aromatic carbocycles. The predicted molar refractivity (Wildman–Crippen MR) is 135 cm³/mol. The molecule has 0 spiro atoms. The molecule has 0 bridgehead atoms. The van der Waals surface area contributed by atoms with Crippen LogP contribution in [0.3, 0.4) is 0 Å². The number of benzene rings is 1. The van der Waals surface area contributed by atoms with Crippen LogP contribution in [0.4, 0.5) is 0 Å². The lowest BCUT2D eigenvalue weighted by atomic mass is 9.81. The minimum absolute atomic E-state index is 0.0563. The molecule has 2 fully saturated rings. The van der Waals surface area contributed by atoms with E-state index >= 15 is 0 Å². The summed E-state index contributed by atoms with van der Waals surface area (Å²) < 4.78 is 7.41. The number of imidazole rings is 1. The topological polar surface area (TPSA) is 96.2 Å². The highest BCUT2D eigenvalue weighted by Gasteiger charge is 2.31. The summed E-state index contributed by atoms with van der Waals surface area (Å²) in [4.78, 5) is 30.8. The minimum atomic E-state index is -0.0563. The van der Waals surface area contributed by atoms with E-state index in [1.807, 2.05) is 33.7 Å². The molecule has 2 saturated heterocycles. The van der Waals surface area contributed by atoms with E-state index in [0.717, 1.165) is 80.5 Å². The van der Waals surface area contributed by atoms with Gasteiger partial charge in [0.2, 0.25) is 5.91 Å². The summed E-state index contributed by atoms with van der Waals surface area (Å²) >= 11 is 0. The van der Waals surface area contributed by atoms with Crippen molar-refractivity contribution in [1.82, 2.24) is 24.9 Å². The van der Waals surface area contributed by atoms with Crippen molar-refractivity contribution < 1.29 is 9.32 Å². The molecule has 5 rings (SSSR count). The molecule has 2 N–H and O–H groups in total. The number of aromatic nitrogens is 3. The number of aromatic amines is 1. The van der Waals surface area contributed by atoms with Crippen molar-refractivity contribution >= 4 is 16.9 Å². The average molecular weight is 480 g/mol. The molecule has 4 heterocycles. The minimum Gasteiger partial charge on any atom is -0.361 e. The Morgan fingerprint density at radius 1 is 1.17 bits per heavy atom. The van der Waals surface area contributed by atoms with E-state index in [2.05, 4.69) is 28.4 Å². The zero-order valence-electron chi connectivity index (χ0n) is 20.7. The highest BCUT2D eigenvalue weighted by Crippen LogP contribution is 2.29. The van der Waals surface area contributed by atoms with Crippen molar-refractivity contribution in [3.05, 3.63) is 52.3 Å². The molecule has 188 valence electrons. The SMILES string of the molecule is CCCCc1cc(C[C@H]2CNCC[C@H]2CC(=O)N2CCC(n3c(=O)[nH]c4ccccc43)CC2)no1. The second-order valence-corrected chi connectivity index (χ2v) is 10.2. The van der Waals surface area contributed by atoms with Gasteiger partial charge in [-0.2, -0.15) is 0 Å². The van der Waals surface area contributed by atoms with Crippen LogP contribution in [0.2, 0.25) is 0 Å². The van der Waals surface area contributed by atoms with Gasteiger partial charge in [-0.3, -0.25) is 9.36 Å². The average Bonchev–Trinajstić information content (AvgIpc) is 3.47. The quantitative estimate of drug-likeness (QED) is 0.514. The van der Waals surface area contributed by atoms with E-state index in [0.29, 0.717) is 31.3 Å². The first kappa shape index (κ1) is 23.9. The summed E-state index contributed by atoms with van der Waals surface area (Å²) in [5.41, 5.74) is 2.77. The van der Waals surface area contributed by atoms with Gasteiger partial charge in [-0.25, -0.2) is 4.79 Å². The first-order chi connectivity index (χ1) is 17.1. The van der Waals surface area contributed by atoms with E-state index in [1.165, 1.54) is 0 Å². The van der Waals surface area contributed by atoms with Gasteiger partial charge in [0.05, 0.1) is 16.7 Å². The van der Waals surface area contributed by atoms with E-state index in [9.17, 15) is 9.59 Å². The van der Waals surface area contributed by atoms with Gasteiger partial charge in [0.1, 0.15) is 5.76 Å². The first-order valence-corrected chi connectivity index (χ1v) is 13.2. The Morgan fingerprint density at radius 3 is 2.83 bits per heavy atom. The maximum Gasteiger partial charge on any atom is 0.326 e. The largest absolute Gasteiger partial charge is 0.361 e. The fourth-order valence-corrected chi connectivity index (χ4v) is 5.84. The van der Waals surface area contributed by atoms with E-state index < -0.39 is 0 Å². The molecule has 8 nitrogen and oxygen atoms in total. The van der Waals surface area contributed by atoms with Crippen LogP contribution in [0, 0.1) is 11.8 Å². The number of rotatable bonds is 8. The van der Waals surface area contributed by atoms with Crippen molar-refractivity contribution in [3.8, 4) is 0 Å². The Labute approximate surface area is 206 Å². The van der Waals surface area contributed by atoms with Crippen LogP contribution in [-0.2, 0) is 17.6 Å². The molecule has 0 aliphatic carbocycles. The van der Waals surface area contributed by atoms with Gasteiger partial charge in [-0.1, -0.05) is 30.6 Å². The number of carbonyl (C=O) groups excluding carboxylic acids is 1. The van der Waals surface area contributed by atoms with Crippen LogP contribution in [-0.4, -0.2) is 51.7 Å². The second-order valence-electron chi connectivity index (χ2n) is 10.2. The standard InChI is InChI=1S/C27H37N5O3/c1-2-3-6-23-17-21(30-35-23)15-20-18-28-12-9-19(20)16-26(33)31-13-10-22(11-14-31)32-25-8-5-4-7-24(25)29-27(32)34/h4-5,7-8,17,19-20,22,28H,2-3,6,9-16,18H2,1H3,(H,29,34)/t19-,20-/m0/s1. The number of unbranched alkanes of at least 4 members (excludes halogenated alkanes) is 1. The highest BCUT2D eigenvalue weighted by molar-refractivity contribution is 5.77. The Kier molecular flexibility index (Phi) is 7.37. The lowest BCUT2D eigenvalue weighted by Crippen LogP contribution is -2.44. The van der Waals surface area contributed by atoms with Crippen LogP contribution in [0.15, 0.2) is 39.6 Å². The van der Waals surface area contributed by atoms with Crippen molar-refractivity contribution in [2.24, 2.45) is 11.8 Å².